The van der Waals surface area contributed by atoms with Gasteiger partial charge in [0.2, 0.25) is 0 Å². The van der Waals surface area contributed by atoms with E-state index in [-0.39, 0.29) is 37.5 Å². The molecule has 0 aliphatic carbocycles. The number of esters is 3. The lowest BCUT2D eigenvalue weighted by Gasteiger charge is -2.18. The van der Waals surface area contributed by atoms with E-state index in [0.29, 0.717) is 19.3 Å². The molecule has 0 aromatic rings. The number of carbonyl (C=O) groups excluding carboxylic acids is 3. The Morgan fingerprint density at radius 3 is 0.778 bits per heavy atom. The van der Waals surface area contributed by atoms with Crippen LogP contribution in [0.15, 0.2) is 146 Å². The van der Waals surface area contributed by atoms with Crippen molar-refractivity contribution >= 4 is 17.9 Å². The molecule has 0 aliphatic rings. The van der Waals surface area contributed by atoms with Crippen LogP contribution in [0.25, 0.3) is 0 Å². The first-order valence-corrected chi connectivity index (χ1v) is 33.3. The third-order valence-corrected chi connectivity index (χ3v) is 13.8. The Morgan fingerprint density at radius 1 is 0.259 bits per heavy atom. The quantitative estimate of drug-likeness (QED) is 0.0261. The molecule has 0 heterocycles. The summed E-state index contributed by atoms with van der Waals surface area (Å²) >= 11 is 0. The number of unbranched alkanes of at least 4 members (excludes halogenated alkanes) is 24. The van der Waals surface area contributed by atoms with E-state index in [1.54, 1.807) is 0 Å². The summed E-state index contributed by atoms with van der Waals surface area (Å²) in [6.45, 7) is 6.38. The molecular weight excluding hydrogens is 997 g/mol. The van der Waals surface area contributed by atoms with Crippen LogP contribution >= 0.6 is 0 Å². The maximum atomic E-state index is 12.9. The monoisotopic (exact) mass is 1120 g/mol. The molecule has 6 nitrogen and oxygen atoms in total. The van der Waals surface area contributed by atoms with Crippen LogP contribution in [0.3, 0.4) is 0 Å². The van der Waals surface area contributed by atoms with Crippen LogP contribution in [0.4, 0.5) is 0 Å². The van der Waals surface area contributed by atoms with Crippen LogP contribution < -0.4 is 0 Å². The SMILES string of the molecule is CC/C=C\C/C=C\C/C=C\C/C=C\C/C=C\C/C=C\CCCCCCC(=O)OCC(COC(=O)CCCCCCCCCCCCCCCCCCCCC)OC(=O)CCCC/C=C\C/C=C\C/C=C\C/C=C\C/C=C\C/C=C\CC. The van der Waals surface area contributed by atoms with E-state index in [1.807, 2.05) is 0 Å². The highest BCUT2D eigenvalue weighted by molar-refractivity contribution is 5.71. The van der Waals surface area contributed by atoms with Gasteiger partial charge in [0.05, 0.1) is 0 Å². The van der Waals surface area contributed by atoms with E-state index in [4.69, 9.17) is 14.2 Å². The fourth-order valence-corrected chi connectivity index (χ4v) is 8.92. The molecule has 81 heavy (non-hydrogen) atoms. The minimum Gasteiger partial charge on any atom is -0.462 e. The fourth-order valence-electron chi connectivity index (χ4n) is 8.92. The second-order valence-electron chi connectivity index (χ2n) is 21.6. The lowest BCUT2D eigenvalue weighted by atomic mass is 10.0. The zero-order valence-electron chi connectivity index (χ0n) is 52.5. The molecule has 0 saturated heterocycles. The second-order valence-corrected chi connectivity index (χ2v) is 21.6. The first-order valence-electron chi connectivity index (χ1n) is 33.3. The van der Waals surface area contributed by atoms with Crippen molar-refractivity contribution in [1.82, 2.24) is 0 Å². The first kappa shape index (κ1) is 76.3. The minimum atomic E-state index is -0.819. The van der Waals surface area contributed by atoms with Crippen molar-refractivity contribution in [3.8, 4) is 0 Å². The van der Waals surface area contributed by atoms with Crippen molar-refractivity contribution in [2.75, 3.05) is 13.2 Å². The van der Waals surface area contributed by atoms with E-state index >= 15 is 0 Å². The van der Waals surface area contributed by atoms with Crippen LogP contribution in [0.5, 0.6) is 0 Å². The maximum absolute atomic E-state index is 12.9. The lowest BCUT2D eigenvalue weighted by Crippen LogP contribution is -2.30. The molecule has 0 radical (unpaired) electrons. The van der Waals surface area contributed by atoms with Gasteiger partial charge in [0.1, 0.15) is 13.2 Å². The van der Waals surface area contributed by atoms with E-state index in [9.17, 15) is 14.4 Å². The second kappa shape index (κ2) is 67.8. The van der Waals surface area contributed by atoms with Gasteiger partial charge in [0, 0.05) is 19.3 Å². The Bertz CT molecular complexity index is 1760. The van der Waals surface area contributed by atoms with E-state index in [1.165, 1.54) is 103 Å². The summed E-state index contributed by atoms with van der Waals surface area (Å²) in [5.41, 5.74) is 0. The molecule has 0 rings (SSSR count). The van der Waals surface area contributed by atoms with Gasteiger partial charge >= 0.3 is 17.9 Å². The third kappa shape index (κ3) is 66.0. The minimum absolute atomic E-state index is 0.107. The lowest BCUT2D eigenvalue weighted by molar-refractivity contribution is -0.167. The first-order chi connectivity index (χ1) is 40.0. The molecule has 0 aliphatic heterocycles. The fraction of sp³-hybridized carbons (Fsp3) is 0.640. The van der Waals surface area contributed by atoms with Crippen LogP contribution in [-0.2, 0) is 28.6 Å². The summed E-state index contributed by atoms with van der Waals surface area (Å²) in [7, 11) is 0. The summed E-state index contributed by atoms with van der Waals surface area (Å²) in [6, 6.07) is 0. The number of hydrogen-bond acceptors (Lipinski definition) is 6. The average Bonchev–Trinajstić information content (AvgIpc) is 3.47. The van der Waals surface area contributed by atoms with Gasteiger partial charge in [-0.05, 0) is 122 Å². The van der Waals surface area contributed by atoms with E-state index < -0.39 is 6.10 Å². The van der Waals surface area contributed by atoms with Gasteiger partial charge in [-0.2, -0.15) is 0 Å². The van der Waals surface area contributed by atoms with Gasteiger partial charge in [-0.1, -0.05) is 295 Å². The molecule has 6 heteroatoms. The predicted octanol–water partition coefficient (Wildman–Crippen LogP) is 23.1. The molecular formula is C75H122O6. The van der Waals surface area contributed by atoms with Gasteiger partial charge in [-0.25, -0.2) is 0 Å². The summed E-state index contributed by atoms with van der Waals surface area (Å²) in [6.07, 6.45) is 97.1. The summed E-state index contributed by atoms with van der Waals surface area (Å²) in [4.78, 5) is 38.4. The van der Waals surface area contributed by atoms with Gasteiger partial charge in [-0.3, -0.25) is 14.4 Å². The van der Waals surface area contributed by atoms with Crippen LogP contribution in [0.2, 0.25) is 0 Å². The Labute approximate surface area is 499 Å². The number of hydrogen-bond donors (Lipinski definition) is 0. The molecule has 0 spiro atoms. The van der Waals surface area contributed by atoms with Crippen LogP contribution in [0.1, 0.15) is 290 Å². The number of allylic oxidation sites excluding steroid dienone is 24. The van der Waals surface area contributed by atoms with E-state index in [2.05, 4.69) is 167 Å². The molecule has 0 bridgehead atoms. The normalized spacial score (nSPS) is 13.1. The molecule has 0 N–H and O–H groups in total. The maximum Gasteiger partial charge on any atom is 0.306 e. The highest BCUT2D eigenvalue weighted by Crippen LogP contribution is 2.16. The van der Waals surface area contributed by atoms with Gasteiger partial charge in [0.15, 0.2) is 6.10 Å². The van der Waals surface area contributed by atoms with Gasteiger partial charge in [-0.15, -0.1) is 0 Å². The highest BCUT2D eigenvalue weighted by atomic mass is 16.6. The Balaban J connectivity index is 4.53. The summed E-state index contributed by atoms with van der Waals surface area (Å²) in [5.74, 6) is -0.972. The van der Waals surface area contributed by atoms with Crippen molar-refractivity contribution in [1.29, 1.82) is 0 Å². The molecule has 0 fully saturated rings. The van der Waals surface area contributed by atoms with Crippen LogP contribution in [0, 0.1) is 0 Å². The standard InChI is InChI=1S/C75H122O6/c1-4-7-10-13-16-19-22-25-28-31-34-36-37-39-41-44-47-50-53-56-59-62-65-68-74(77)80-71-72(70-79-73(76)67-64-61-58-55-52-49-46-43-40-33-30-27-24-21-18-15-12-9-6-3)81-75(78)69-66-63-60-57-54-51-48-45-42-38-35-32-29-26-23-20-17-14-11-8-5-2/h7-8,10-11,16-17,19-20,25-26,28-29,34-36,38-39,41,45,47-48,50,54,57,72H,4-6,9,12-15,18,21-24,27,30-33,37,40,42-44,46,49,51-53,55-56,58-71H2,1-3H3/b10-7-,11-8-,19-16-,20-17-,28-25-,29-26-,36-34-,38-35-,41-39-,48-45-,50-47-,57-54-. The molecule has 0 amide bonds. The van der Waals surface area contributed by atoms with Crippen molar-refractivity contribution in [3.63, 3.8) is 0 Å². The number of carbonyl (C=O) groups is 3. The zero-order valence-corrected chi connectivity index (χ0v) is 52.5. The third-order valence-electron chi connectivity index (χ3n) is 13.8. The Morgan fingerprint density at radius 2 is 0.481 bits per heavy atom. The predicted molar refractivity (Wildman–Crippen MR) is 352 cm³/mol. The molecule has 458 valence electrons. The molecule has 1 unspecified atom stereocenters. The molecule has 0 aromatic carbocycles. The van der Waals surface area contributed by atoms with Gasteiger partial charge < -0.3 is 14.2 Å². The topological polar surface area (TPSA) is 78.9 Å². The molecule has 0 aromatic heterocycles. The van der Waals surface area contributed by atoms with E-state index in [0.717, 1.165) is 141 Å². The Kier molecular flexibility index (Phi) is 63.9. The summed E-state index contributed by atoms with van der Waals surface area (Å²) < 4.78 is 16.9. The zero-order chi connectivity index (χ0) is 58.5. The number of ether oxygens (including phenoxy) is 3. The van der Waals surface area contributed by atoms with Crippen molar-refractivity contribution in [3.05, 3.63) is 146 Å². The number of rotatable bonds is 59. The van der Waals surface area contributed by atoms with Crippen molar-refractivity contribution in [2.24, 2.45) is 0 Å². The van der Waals surface area contributed by atoms with Crippen molar-refractivity contribution in [2.45, 2.75) is 297 Å². The van der Waals surface area contributed by atoms with Crippen molar-refractivity contribution < 1.29 is 28.6 Å². The largest absolute Gasteiger partial charge is 0.462 e. The molecule has 1 atom stereocenters. The average molecular weight is 1120 g/mol. The molecule has 0 saturated carbocycles. The smallest absolute Gasteiger partial charge is 0.306 e. The summed E-state index contributed by atoms with van der Waals surface area (Å²) in [5, 5.41) is 0. The Hall–Kier alpha value is -4.71. The van der Waals surface area contributed by atoms with Gasteiger partial charge in [0.25, 0.3) is 0 Å². The highest BCUT2D eigenvalue weighted by Gasteiger charge is 2.19. The van der Waals surface area contributed by atoms with Crippen LogP contribution in [-0.4, -0.2) is 37.2 Å².